The Labute approximate surface area is 177 Å². The third kappa shape index (κ3) is 4.69. The van der Waals surface area contributed by atoms with E-state index in [2.05, 4.69) is 35.6 Å². The van der Waals surface area contributed by atoms with Crippen molar-refractivity contribution in [1.82, 2.24) is 10.2 Å². The van der Waals surface area contributed by atoms with Crippen molar-refractivity contribution in [2.24, 2.45) is 5.73 Å². The lowest BCUT2D eigenvalue weighted by Gasteiger charge is -2.33. The molecule has 3 aromatic rings. The van der Waals surface area contributed by atoms with Gasteiger partial charge in [0, 0.05) is 13.1 Å². The first-order chi connectivity index (χ1) is 14.4. The van der Waals surface area contributed by atoms with Crippen LogP contribution in [-0.2, 0) is 16.0 Å². The highest BCUT2D eigenvalue weighted by Gasteiger charge is 2.32. The Bertz CT molecular complexity index is 1020. The van der Waals surface area contributed by atoms with Gasteiger partial charge in [0.25, 0.3) is 0 Å². The summed E-state index contributed by atoms with van der Waals surface area (Å²) in [6.45, 7) is 1.86. The molecule has 2 amide bonds. The standard InChI is InChI=1S/C25H29N3O2/c1-17(23(24(26)29)20-10-5-4-6-11-20)28(3)25(30)22(27-2)16-18-13-14-19-9-7-8-12-21(19)15-18/h4-15,17,22-23,27H,16H2,1-3H3,(H2,26,29)/t17-,22-,23?/m1/s1. The van der Waals surface area contributed by atoms with Gasteiger partial charge in [-0.05, 0) is 42.3 Å². The predicted octanol–water partition coefficient (Wildman–Crippen LogP) is 3.09. The Morgan fingerprint density at radius 2 is 1.60 bits per heavy atom. The van der Waals surface area contributed by atoms with Gasteiger partial charge in [0.1, 0.15) is 0 Å². The van der Waals surface area contributed by atoms with Crippen LogP contribution in [0.2, 0.25) is 0 Å². The van der Waals surface area contributed by atoms with Gasteiger partial charge in [0.05, 0.1) is 12.0 Å². The lowest BCUT2D eigenvalue weighted by Crippen LogP contribution is -2.51. The number of nitrogens with zero attached hydrogens (tertiary/aromatic N) is 1. The number of carbonyl (C=O) groups is 2. The van der Waals surface area contributed by atoms with E-state index in [0.717, 1.165) is 16.5 Å². The van der Waals surface area contributed by atoms with Crippen molar-refractivity contribution in [1.29, 1.82) is 0 Å². The first kappa shape index (κ1) is 21.5. The molecule has 3 aromatic carbocycles. The number of amides is 2. The summed E-state index contributed by atoms with van der Waals surface area (Å²) in [6, 6.07) is 23.0. The lowest BCUT2D eigenvalue weighted by molar-refractivity contribution is -0.135. The van der Waals surface area contributed by atoms with Gasteiger partial charge in [-0.25, -0.2) is 0 Å². The van der Waals surface area contributed by atoms with Gasteiger partial charge in [-0.1, -0.05) is 72.8 Å². The van der Waals surface area contributed by atoms with E-state index in [9.17, 15) is 9.59 Å². The van der Waals surface area contributed by atoms with Crippen LogP contribution >= 0.6 is 0 Å². The topological polar surface area (TPSA) is 75.4 Å². The van der Waals surface area contributed by atoms with Crippen LogP contribution < -0.4 is 11.1 Å². The van der Waals surface area contributed by atoms with Crippen LogP contribution in [0.1, 0.15) is 24.0 Å². The van der Waals surface area contributed by atoms with Gasteiger partial charge in [-0.3, -0.25) is 9.59 Å². The Morgan fingerprint density at radius 3 is 2.23 bits per heavy atom. The molecule has 0 heterocycles. The number of hydrogen-bond donors (Lipinski definition) is 2. The Morgan fingerprint density at radius 1 is 0.967 bits per heavy atom. The molecule has 0 fully saturated rings. The minimum Gasteiger partial charge on any atom is -0.369 e. The van der Waals surface area contributed by atoms with Crippen LogP contribution in [0.15, 0.2) is 72.8 Å². The summed E-state index contributed by atoms with van der Waals surface area (Å²) < 4.78 is 0. The molecule has 5 nitrogen and oxygen atoms in total. The van der Waals surface area contributed by atoms with E-state index in [1.807, 2.05) is 49.4 Å². The van der Waals surface area contributed by atoms with Gasteiger partial charge >= 0.3 is 0 Å². The van der Waals surface area contributed by atoms with E-state index in [1.165, 1.54) is 5.39 Å². The minimum atomic E-state index is -0.571. The number of nitrogens with one attached hydrogen (secondary N) is 1. The first-order valence-electron chi connectivity index (χ1n) is 10.2. The van der Waals surface area contributed by atoms with Gasteiger partial charge in [-0.2, -0.15) is 0 Å². The summed E-state index contributed by atoms with van der Waals surface area (Å²) in [6.07, 6.45) is 0.559. The van der Waals surface area contributed by atoms with Crippen molar-refractivity contribution in [3.05, 3.63) is 83.9 Å². The quantitative estimate of drug-likeness (QED) is 0.607. The maximum atomic E-state index is 13.3. The molecule has 156 valence electrons. The number of primary amides is 1. The Kier molecular flexibility index (Phi) is 6.85. The molecule has 0 aliphatic rings. The van der Waals surface area contributed by atoms with E-state index in [-0.39, 0.29) is 11.9 Å². The van der Waals surface area contributed by atoms with Crippen LogP contribution in [0.5, 0.6) is 0 Å². The van der Waals surface area contributed by atoms with Crippen molar-refractivity contribution in [3.8, 4) is 0 Å². The molecule has 0 aromatic heterocycles. The number of nitrogens with two attached hydrogens (primary N) is 1. The Hall–Kier alpha value is -3.18. The third-order valence-corrected chi connectivity index (χ3v) is 5.81. The SMILES string of the molecule is CN[C@H](Cc1ccc2ccccc2c1)C(=O)N(C)[C@H](C)C(C(N)=O)c1ccccc1. The maximum Gasteiger partial charge on any atom is 0.240 e. The van der Waals surface area contributed by atoms with Gasteiger partial charge in [-0.15, -0.1) is 0 Å². The van der Waals surface area contributed by atoms with Crippen LogP contribution in [0.25, 0.3) is 10.8 Å². The fourth-order valence-corrected chi connectivity index (χ4v) is 3.93. The fourth-order valence-electron chi connectivity index (χ4n) is 3.93. The van der Waals surface area contributed by atoms with Crippen LogP contribution in [-0.4, -0.2) is 42.9 Å². The first-order valence-corrected chi connectivity index (χ1v) is 10.2. The number of carbonyl (C=O) groups excluding carboxylic acids is 2. The van der Waals surface area contributed by atoms with Gasteiger partial charge in [0.15, 0.2) is 0 Å². The second-order valence-electron chi connectivity index (χ2n) is 7.71. The molecule has 0 bridgehead atoms. The fraction of sp³-hybridized carbons (Fsp3) is 0.280. The molecular weight excluding hydrogens is 374 g/mol. The number of hydrogen-bond acceptors (Lipinski definition) is 3. The highest BCUT2D eigenvalue weighted by molar-refractivity contribution is 5.87. The molecule has 5 heteroatoms. The normalized spacial score (nSPS) is 14.1. The summed E-state index contributed by atoms with van der Waals surface area (Å²) in [4.78, 5) is 27.1. The molecule has 0 spiro atoms. The molecule has 3 N–H and O–H groups in total. The Balaban J connectivity index is 1.78. The molecule has 3 atom stereocenters. The second kappa shape index (κ2) is 9.55. The molecule has 0 saturated carbocycles. The average molecular weight is 404 g/mol. The molecule has 0 radical (unpaired) electrons. The summed E-state index contributed by atoms with van der Waals surface area (Å²) in [5.41, 5.74) is 7.59. The number of rotatable bonds is 8. The van der Waals surface area contributed by atoms with E-state index in [0.29, 0.717) is 6.42 Å². The van der Waals surface area contributed by atoms with Crippen molar-refractivity contribution >= 4 is 22.6 Å². The second-order valence-corrected chi connectivity index (χ2v) is 7.71. The summed E-state index contributed by atoms with van der Waals surface area (Å²) in [7, 11) is 3.52. The summed E-state index contributed by atoms with van der Waals surface area (Å²) >= 11 is 0. The van der Waals surface area contributed by atoms with Crippen molar-refractivity contribution < 1.29 is 9.59 Å². The average Bonchev–Trinajstić information content (AvgIpc) is 2.77. The van der Waals surface area contributed by atoms with Gasteiger partial charge in [0.2, 0.25) is 11.8 Å². The van der Waals surface area contributed by atoms with Crippen molar-refractivity contribution in [3.63, 3.8) is 0 Å². The van der Waals surface area contributed by atoms with E-state index in [1.54, 1.807) is 19.0 Å². The summed E-state index contributed by atoms with van der Waals surface area (Å²) in [5.74, 6) is -1.08. The van der Waals surface area contributed by atoms with E-state index < -0.39 is 17.9 Å². The lowest BCUT2D eigenvalue weighted by atomic mass is 9.90. The molecule has 0 aliphatic heterocycles. The zero-order chi connectivity index (χ0) is 21.7. The number of fused-ring (bicyclic) bond motifs is 1. The minimum absolute atomic E-state index is 0.0691. The molecular formula is C25H29N3O2. The smallest absolute Gasteiger partial charge is 0.240 e. The maximum absolute atomic E-state index is 13.3. The van der Waals surface area contributed by atoms with Crippen molar-refractivity contribution in [2.45, 2.75) is 31.3 Å². The molecule has 30 heavy (non-hydrogen) atoms. The largest absolute Gasteiger partial charge is 0.369 e. The van der Waals surface area contributed by atoms with Crippen LogP contribution in [0.3, 0.4) is 0 Å². The monoisotopic (exact) mass is 403 g/mol. The van der Waals surface area contributed by atoms with E-state index in [4.69, 9.17) is 5.73 Å². The highest BCUT2D eigenvalue weighted by Crippen LogP contribution is 2.24. The van der Waals surface area contributed by atoms with E-state index >= 15 is 0 Å². The molecule has 0 aliphatic carbocycles. The molecule has 0 saturated heterocycles. The van der Waals surface area contributed by atoms with Crippen molar-refractivity contribution in [2.75, 3.05) is 14.1 Å². The zero-order valence-corrected chi connectivity index (χ0v) is 17.7. The molecule has 1 unspecified atom stereocenters. The van der Waals surface area contributed by atoms with Gasteiger partial charge < -0.3 is 16.0 Å². The van der Waals surface area contributed by atoms with Crippen LogP contribution in [0.4, 0.5) is 0 Å². The zero-order valence-electron chi connectivity index (χ0n) is 17.7. The third-order valence-electron chi connectivity index (χ3n) is 5.81. The number of likely N-dealkylation sites (N-methyl/N-ethyl adjacent to an activating group) is 2. The van der Waals surface area contributed by atoms with Crippen LogP contribution in [0, 0.1) is 0 Å². The number of benzene rings is 3. The highest BCUT2D eigenvalue weighted by atomic mass is 16.2. The predicted molar refractivity (Wildman–Crippen MR) is 121 cm³/mol. The summed E-state index contributed by atoms with van der Waals surface area (Å²) in [5, 5.41) is 5.46. The molecule has 3 rings (SSSR count).